The third kappa shape index (κ3) is 3.63. The molecule has 1 aliphatic rings. The number of nitrogens with two attached hydrogens (primary N) is 1. The van der Waals surface area contributed by atoms with E-state index >= 15 is 0 Å². The number of hydrogen-bond donors (Lipinski definition) is 3. The lowest BCUT2D eigenvalue weighted by atomic mass is 10.2. The summed E-state index contributed by atoms with van der Waals surface area (Å²) >= 11 is 0. The zero-order valence-electron chi connectivity index (χ0n) is 6.12. The van der Waals surface area contributed by atoms with Crippen molar-refractivity contribution in [3.8, 4) is 0 Å². The number of rotatable bonds is 4. The van der Waals surface area contributed by atoms with Gasteiger partial charge in [-0.05, 0) is 6.92 Å². The fraction of sp³-hybridized carbons (Fsp3) is 1.00. The van der Waals surface area contributed by atoms with Crippen molar-refractivity contribution in [3.05, 3.63) is 0 Å². The van der Waals surface area contributed by atoms with Crippen molar-refractivity contribution in [2.75, 3.05) is 6.61 Å². The van der Waals surface area contributed by atoms with E-state index in [4.69, 9.17) is 0 Å². The zero-order valence-corrected chi connectivity index (χ0v) is 6.94. The van der Waals surface area contributed by atoms with Crippen LogP contribution in [0.2, 0.25) is 0 Å². The van der Waals surface area contributed by atoms with Gasteiger partial charge in [0.1, 0.15) is 0 Å². The minimum Gasteiger partial charge on any atom is -0.258 e. The first kappa shape index (κ1) is 8.88. The molecule has 0 aromatic heterocycles. The first-order valence-electron chi connectivity index (χ1n) is 3.13. The normalized spacial score (nSPS) is 21.6. The van der Waals surface area contributed by atoms with E-state index in [1.54, 1.807) is 0 Å². The van der Waals surface area contributed by atoms with Gasteiger partial charge in [0.2, 0.25) is 0 Å². The molecule has 0 amide bonds. The Labute approximate surface area is 65.3 Å². The largest absolute Gasteiger partial charge is 0.333 e. The summed E-state index contributed by atoms with van der Waals surface area (Å²) in [5, 5.41) is 4.59. The summed E-state index contributed by atoms with van der Waals surface area (Å²) in [4.78, 5) is 0. The fourth-order valence-corrected chi connectivity index (χ4v) is 0.909. The molecule has 1 aliphatic heterocycles. The maximum Gasteiger partial charge on any atom is 0.333 e. The van der Waals surface area contributed by atoms with Crippen molar-refractivity contribution >= 4 is 10.3 Å². The highest BCUT2D eigenvalue weighted by molar-refractivity contribution is 7.84. The molecule has 0 aromatic rings. The summed E-state index contributed by atoms with van der Waals surface area (Å²) in [7, 11) is -3.77. The van der Waals surface area contributed by atoms with E-state index < -0.39 is 10.3 Å². The van der Waals surface area contributed by atoms with Gasteiger partial charge in [-0.2, -0.15) is 8.42 Å². The third-order valence-electron chi connectivity index (χ3n) is 1.40. The Morgan fingerprint density at radius 1 is 1.55 bits per heavy atom. The standard InChI is InChI=1S/C4H11N3O3S/c1-4(6-7-4)2-3-10-11(5,8)9/h6-7H,2-3H2,1H3,(H2,5,8,9). The predicted molar refractivity (Wildman–Crippen MR) is 38.4 cm³/mol. The van der Waals surface area contributed by atoms with E-state index in [-0.39, 0.29) is 12.3 Å². The van der Waals surface area contributed by atoms with Crippen molar-refractivity contribution in [2.24, 2.45) is 5.14 Å². The quantitative estimate of drug-likeness (QED) is 0.453. The molecule has 1 fully saturated rings. The van der Waals surface area contributed by atoms with Crippen molar-refractivity contribution in [2.45, 2.75) is 19.0 Å². The van der Waals surface area contributed by atoms with Gasteiger partial charge in [-0.1, -0.05) is 0 Å². The molecule has 11 heavy (non-hydrogen) atoms. The summed E-state index contributed by atoms with van der Waals surface area (Å²) in [6, 6.07) is 0. The van der Waals surface area contributed by atoms with Gasteiger partial charge in [0.15, 0.2) is 0 Å². The molecule has 0 unspecified atom stereocenters. The van der Waals surface area contributed by atoms with E-state index in [1.165, 1.54) is 0 Å². The fourth-order valence-electron chi connectivity index (χ4n) is 0.594. The van der Waals surface area contributed by atoms with Gasteiger partial charge in [-0.15, -0.1) is 0 Å². The molecule has 7 heteroatoms. The second-order valence-corrected chi connectivity index (χ2v) is 3.87. The molecular weight excluding hydrogens is 170 g/mol. The molecule has 4 N–H and O–H groups in total. The summed E-state index contributed by atoms with van der Waals surface area (Å²) in [6.45, 7) is 1.98. The van der Waals surface area contributed by atoms with Crippen LogP contribution in [0.25, 0.3) is 0 Å². The lowest BCUT2D eigenvalue weighted by Crippen LogP contribution is -2.21. The minimum atomic E-state index is -3.77. The van der Waals surface area contributed by atoms with E-state index in [0.717, 1.165) is 0 Å². The molecule has 0 radical (unpaired) electrons. The lowest BCUT2D eigenvalue weighted by Gasteiger charge is -2.03. The molecule has 1 saturated heterocycles. The van der Waals surface area contributed by atoms with E-state index in [9.17, 15) is 8.42 Å². The Balaban J connectivity index is 2.15. The molecule has 0 atom stereocenters. The monoisotopic (exact) mass is 181 g/mol. The average Bonchev–Trinajstić information content (AvgIpc) is 2.44. The van der Waals surface area contributed by atoms with Gasteiger partial charge in [0, 0.05) is 6.42 Å². The van der Waals surface area contributed by atoms with Crippen molar-refractivity contribution in [1.29, 1.82) is 0 Å². The van der Waals surface area contributed by atoms with E-state index in [2.05, 4.69) is 20.2 Å². The number of hydrazine groups is 1. The van der Waals surface area contributed by atoms with Gasteiger partial charge in [-0.3, -0.25) is 4.18 Å². The van der Waals surface area contributed by atoms with Crippen LogP contribution in [0.3, 0.4) is 0 Å². The Hall–Kier alpha value is -0.210. The Morgan fingerprint density at radius 3 is 2.45 bits per heavy atom. The molecule has 0 aliphatic carbocycles. The molecule has 1 heterocycles. The molecule has 0 aromatic carbocycles. The SMILES string of the molecule is CC1(CCOS(N)(=O)=O)NN1. The highest BCUT2D eigenvalue weighted by Gasteiger charge is 2.35. The second kappa shape index (κ2) is 2.68. The maximum absolute atomic E-state index is 10.3. The molecule has 1 rings (SSSR count). The second-order valence-electron chi connectivity index (χ2n) is 2.65. The maximum atomic E-state index is 10.3. The van der Waals surface area contributed by atoms with Crippen LogP contribution in [-0.2, 0) is 14.5 Å². The molecule has 0 bridgehead atoms. The van der Waals surface area contributed by atoms with Crippen molar-refractivity contribution in [3.63, 3.8) is 0 Å². The molecular formula is C4H11N3O3S. The first-order valence-corrected chi connectivity index (χ1v) is 4.60. The van der Waals surface area contributed by atoms with Gasteiger partial charge in [-0.25, -0.2) is 16.0 Å². The highest BCUT2D eigenvalue weighted by Crippen LogP contribution is 2.13. The van der Waals surface area contributed by atoms with Crippen LogP contribution in [0.1, 0.15) is 13.3 Å². The van der Waals surface area contributed by atoms with Crippen molar-refractivity contribution in [1.82, 2.24) is 10.9 Å². The Morgan fingerprint density at radius 2 is 2.09 bits per heavy atom. The summed E-state index contributed by atoms with van der Waals surface area (Å²) < 4.78 is 24.8. The van der Waals surface area contributed by atoms with Gasteiger partial charge in [0.25, 0.3) is 0 Å². The van der Waals surface area contributed by atoms with Crippen LogP contribution in [-0.4, -0.2) is 20.7 Å². The van der Waals surface area contributed by atoms with E-state index in [1.807, 2.05) is 6.92 Å². The van der Waals surface area contributed by atoms with Crippen molar-refractivity contribution < 1.29 is 12.6 Å². The van der Waals surface area contributed by atoms with Gasteiger partial charge < -0.3 is 0 Å². The topological polar surface area (TPSA) is 113 Å². The van der Waals surface area contributed by atoms with Crippen LogP contribution in [0.4, 0.5) is 0 Å². The predicted octanol–water partition coefficient (Wildman–Crippen LogP) is -1.58. The smallest absolute Gasteiger partial charge is 0.258 e. The Bertz CT molecular complexity index is 233. The molecule has 0 spiro atoms. The van der Waals surface area contributed by atoms with Crippen LogP contribution in [0.5, 0.6) is 0 Å². The Kier molecular flexibility index (Phi) is 2.17. The molecule has 0 saturated carbocycles. The van der Waals surface area contributed by atoms with Crippen LogP contribution < -0.4 is 16.0 Å². The van der Waals surface area contributed by atoms with Crippen LogP contribution >= 0.6 is 0 Å². The third-order valence-corrected chi connectivity index (χ3v) is 1.90. The van der Waals surface area contributed by atoms with E-state index in [0.29, 0.717) is 6.42 Å². The molecule has 6 nitrogen and oxygen atoms in total. The van der Waals surface area contributed by atoms with Gasteiger partial charge >= 0.3 is 10.3 Å². The average molecular weight is 181 g/mol. The molecule has 66 valence electrons. The van der Waals surface area contributed by atoms with Crippen LogP contribution in [0, 0.1) is 0 Å². The number of nitrogens with one attached hydrogen (secondary N) is 2. The zero-order chi connectivity index (χ0) is 8.54. The minimum absolute atomic E-state index is 0.0926. The lowest BCUT2D eigenvalue weighted by molar-refractivity contribution is 0.296. The summed E-state index contributed by atoms with van der Waals surface area (Å²) in [6.07, 6.45) is 0.559. The highest BCUT2D eigenvalue weighted by atomic mass is 32.2. The van der Waals surface area contributed by atoms with Crippen LogP contribution in [0.15, 0.2) is 0 Å². The van der Waals surface area contributed by atoms with Gasteiger partial charge in [0.05, 0.1) is 12.3 Å². The summed E-state index contributed by atoms with van der Waals surface area (Å²) in [5.41, 5.74) is 5.49. The summed E-state index contributed by atoms with van der Waals surface area (Å²) in [5.74, 6) is 0. The first-order chi connectivity index (χ1) is 4.91. The number of hydrogen-bond acceptors (Lipinski definition) is 5.